The summed E-state index contributed by atoms with van der Waals surface area (Å²) in [7, 11) is 0. The fraction of sp³-hybridized carbons (Fsp3) is 0.143. The maximum atomic E-state index is 12.0. The Kier molecular flexibility index (Phi) is 2.50. The second-order valence-electron chi connectivity index (χ2n) is 2.22. The Morgan fingerprint density at radius 2 is 2.15 bits per heavy atom. The first kappa shape index (κ1) is 9.50. The van der Waals surface area contributed by atoms with Crippen molar-refractivity contribution in [3.05, 3.63) is 29.6 Å². The molecule has 6 heteroatoms. The number of rotatable bonds is 1. The van der Waals surface area contributed by atoms with Crippen LogP contribution in [0.2, 0.25) is 0 Å². The Balaban J connectivity index is 3.05. The summed E-state index contributed by atoms with van der Waals surface area (Å²) < 4.78 is 36.1. The van der Waals surface area contributed by atoms with Crippen LogP contribution in [0.25, 0.3) is 0 Å². The quantitative estimate of drug-likeness (QED) is 0.417. The molecular formula is C7H5F3N2O. The third-order valence-electron chi connectivity index (χ3n) is 1.28. The second kappa shape index (κ2) is 3.42. The fourth-order valence-corrected chi connectivity index (χ4v) is 0.749. The van der Waals surface area contributed by atoms with Crippen molar-refractivity contribution < 1.29 is 18.4 Å². The van der Waals surface area contributed by atoms with E-state index in [1.54, 1.807) is 0 Å². The number of alkyl halides is 3. The van der Waals surface area contributed by atoms with Crippen molar-refractivity contribution >= 4 is 6.21 Å². The summed E-state index contributed by atoms with van der Waals surface area (Å²) in [6.45, 7) is 0. The normalized spacial score (nSPS) is 12.2. The second-order valence-corrected chi connectivity index (χ2v) is 2.22. The third-order valence-corrected chi connectivity index (χ3v) is 1.28. The Bertz CT molecular complexity index is 322. The maximum Gasteiger partial charge on any atom is 0.433 e. The van der Waals surface area contributed by atoms with Gasteiger partial charge >= 0.3 is 6.18 Å². The van der Waals surface area contributed by atoms with Crippen LogP contribution < -0.4 is 0 Å². The van der Waals surface area contributed by atoms with Gasteiger partial charge in [-0.15, -0.1) is 0 Å². The molecule has 70 valence electrons. The van der Waals surface area contributed by atoms with Crippen LogP contribution in [-0.4, -0.2) is 16.4 Å². The van der Waals surface area contributed by atoms with Gasteiger partial charge in [-0.3, -0.25) is 4.98 Å². The van der Waals surface area contributed by atoms with Gasteiger partial charge < -0.3 is 5.21 Å². The Morgan fingerprint density at radius 1 is 1.46 bits per heavy atom. The summed E-state index contributed by atoms with van der Waals surface area (Å²) in [5.74, 6) is 0. The van der Waals surface area contributed by atoms with Gasteiger partial charge in [0.15, 0.2) is 0 Å². The predicted octanol–water partition coefficient (Wildman–Crippen LogP) is 1.91. The van der Waals surface area contributed by atoms with E-state index < -0.39 is 11.9 Å². The Hall–Kier alpha value is -1.59. The summed E-state index contributed by atoms with van der Waals surface area (Å²) in [5.41, 5.74) is -0.866. The summed E-state index contributed by atoms with van der Waals surface area (Å²) >= 11 is 0. The third kappa shape index (κ3) is 2.43. The van der Waals surface area contributed by atoms with E-state index in [2.05, 4.69) is 10.1 Å². The van der Waals surface area contributed by atoms with Crippen LogP contribution in [0.5, 0.6) is 0 Å². The van der Waals surface area contributed by atoms with Crippen molar-refractivity contribution in [1.29, 1.82) is 0 Å². The van der Waals surface area contributed by atoms with Gasteiger partial charge in [-0.05, 0) is 17.7 Å². The van der Waals surface area contributed by atoms with Crippen molar-refractivity contribution in [3.8, 4) is 0 Å². The minimum Gasteiger partial charge on any atom is -0.411 e. The van der Waals surface area contributed by atoms with Gasteiger partial charge in [-0.2, -0.15) is 13.2 Å². The number of nitrogens with zero attached hydrogens (tertiary/aromatic N) is 2. The predicted molar refractivity (Wildman–Crippen MR) is 38.6 cm³/mol. The van der Waals surface area contributed by atoms with Gasteiger partial charge in [0.25, 0.3) is 0 Å². The average molecular weight is 190 g/mol. The molecule has 0 aliphatic heterocycles. The van der Waals surface area contributed by atoms with Gasteiger partial charge in [-0.1, -0.05) is 5.16 Å². The lowest BCUT2D eigenvalue weighted by Gasteiger charge is -2.04. The molecule has 0 radical (unpaired) electrons. The van der Waals surface area contributed by atoms with Crippen LogP contribution in [0, 0.1) is 0 Å². The average Bonchev–Trinajstić information content (AvgIpc) is 2.04. The molecule has 1 heterocycles. The highest BCUT2D eigenvalue weighted by atomic mass is 19.4. The monoisotopic (exact) mass is 190 g/mol. The zero-order valence-corrected chi connectivity index (χ0v) is 6.28. The van der Waals surface area contributed by atoms with E-state index in [4.69, 9.17) is 5.21 Å². The highest BCUT2D eigenvalue weighted by molar-refractivity contribution is 5.78. The van der Waals surface area contributed by atoms with Crippen molar-refractivity contribution in [2.24, 2.45) is 5.16 Å². The van der Waals surface area contributed by atoms with Gasteiger partial charge in [-0.25, -0.2) is 0 Å². The van der Waals surface area contributed by atoms with E-state index in [-0.39, 0.29) is 5.56 Å². The summed E-state index contributed by atoms with van der Waals surface area (Å²) in [6.07, 6.45) is -2.57. The number of pyridine rings is 1. The smallest absolute Gasteiger partial charge is 0.411 e. The van der Waals surface area contributed by atoms with Crippen LogP contribution in [0.15, 0.2) is 23.5 Å². The number of oxime groups is 1. The van der Waals surface area contributed by atoms with Crippen LogP contribution in [-0.2, 0) is 6.18 Å². The standard InChI is InChI=1S/C7H5F3N2O/c8-7(9,10)6-3-5(4-12-13)1-2-11-6/h1-4,13H. The maximum absolute atomic E-state index is 12.0. The van der Waals surface area contributed by atoms with E-state index >= 15 is 0 Å². The SMILES string of the molecule is ON=Cc1ccnc(C(F)(F)F)c1. The van der Waals surface area contributed by atoms with Crippen LogP contribution in [0.4, 0.5) is 13.2 Å². The lowest BCUT2D eigenvalue weighted by molar-refractivity contribution is -0.141. The first-order chi connectivity index (χ1) is 6.04. The van der Waals surface area contributed by atoms with Gasteiger partial charge in [0.05, 0.1) is 6.21 Å². The zero-order valence-electron chi connectivity index (χ0n) is 6.28. The van der Waals surface area contributed by atoms with Crippen molar-refractivity contribution in [2.75, 3.05) is 0 Å². The highest BCUT2D eigenvalue weighted by Gasteiger charge is 2.32. The molecule has 0 unspecified atom stereocenters. The van der Waals surface area contributed by atoms with E-state index in [0.717, 1.165) is 18.5 Å². The lowest BCUT2D eigenvalue weighted by atomic mass is 10.2. The molecule has 0 amide bonds. The number of aromatic nitrogens is 1. The topological polar surface area (TPSA) is 45.5 Å². The first-order valence-corrected chi connectivity index (χ1v) is 3.24. The molecule has 1 aromatic heterocycles. The minimum atomic E-state index is -4.47. The number of hydrogen-bond donors (Lipinski definition) is 1. The van der Waals surface area contributed by atoms with Crippen molar-refractivity contribution in [2.45, 2.75) is 6.18 Å². The van der Waals surface area contributed by atoms with Gasteiger partial charge in [0.1, 0.15) is 5.69 Å². The molecule has 1 N–H and O–H groups in total. The highest BCUT2D eigenvalue weighted by Crippen LogP contribution is 2.27. The molecular weight excluding hydrogens is 185 g/mol. The summed E-state index contributed by atoms with van der Waals surface area (Å²) in [6, 6.07) is 2.09. The van der Waals surface area contributed by atoms with E-state index in [1.165, 1.54) is 6.07 Å². The molecule has 0 saturated heterocycles. The van der Waals surface area contributed by atoms with Gasteiger partial charge in [0.2, 0.25) is 0 Å². The van der Waals surface area contributed by atoms with Crippen LogP contribution >= 0.6 is 0 Å². The summed E-state index contributed by atoms with van der Waals surface area (Å²) in [4.78, 5) is 3.12. The van der Waals surface area contributed by atoms with E-state index in [1.807, 2.05) is 0 Å². The van der Waals surface area contributed by atoms with Gasteiger partial charge in [0, 0.05) is 6.20 Å². The number of halogens is 3. The molecule has 0 bridgehead atoms. The first-order valence-electron chi connectivity index (χ1n) is 3.24. The van der Waals surface area contributed by atoms with E-state index in [9.17, 15) is 13.2 Å². The molecule has 0 spiro atoms. The van der Waals surface area contributed by atoms with E-state index in [0.29, 0.717) is 0 Å². The molecule has 0 atom stereocenters. The van der Waals surface area contributed by atoms with Crippen molar-refractivity contribution in [1.82, 2.24) is 4.98 Å². The largest absolute Gasteiger partial charge is 0.433 e. The zero-order chi connectivity index (χ0) is 9.90. The molecule has 3 nitrogen and oxygen atoms in total. The molecule has 0 saturated carbocycles. The lowest BCUT2D eigenvalue weighted by Crippen LogP contribution is -2.07. The minimum absolute atomic E-state index is 0.143. The summed E-state index contributed by atoms with van der Waals surface area (Å²) in [5, 5.41) is 10.7. The Morgan fingerprint density at radius 3 is 2.69 bits per heavy atom. The molecule has 1 rings (SSSR count). The molecule has 0 aromatic carbocycles. The number of hydrogen-bond acceptors (Lipinski definition) is 3. The van der Waals surface area contributed by atoms with Crippen LogP contribution in [0.3, 0.4) is 0 Å². The Labute approximate surface area is 71.5 Å². The van der Waals surface area contributed by atoms with Crippen molar-refractivity contribution in [3.63, 3.8) is 0 Å². The molecule has 0 aliphatic carbocycles. The van der Waals surface area contributed by atoms with Crippen LogP contribution in [0.1, 0.15) is 11.3 Å². The molecule has 0 aliphatic rings. The fourth-order valence-electron chi connectivity index (χ4n) is 0.749. The molecule has 13 heavy (non-hydrogen) atoms. The molecule has 1 aromatic rings. The molecule has 0 fully saturated rings.